The topological polar surface area (TPSA) is 79.5 Å². The number of aromatic amines is 1. The van der Waals surface area contributed by atoms with E-state index in [1.807, 2.05) is 11.4 Å². The monoisotopic (exact) mass is 440 g/mol. The number of nitrogens with one attached hydrogen (secondary N) is 1. The van der Waals surface area contributed by atoms with Gasteiger partial charge in [0, 0.05) is 17.3 Å². The van der Waals surface area contributed by atoms with Crippen molar-refractivity contribution in [3.05, 3.63) is 64.3 Å². The first kappa shape index (κ1) is 19.1. The van der Waals surface area contributed by atoms with Crippen LogP contribution >= 0.6 is 11.3 Å². The van der Waals surface area contributed by atoms with Gasteiger partial charge >= 0.3 is 0 Å². The van der Waals surface area contributed by atoms with Gasteiger partial charge in [-0.25, -0.2) is 8.42 Å². The third-order valence-electron chi connectivity index (χ3n) is 5.45. The number of rotatable bonds is 6. The second-order valence-electron chi connectivity index (χ2n) is 7.45. The van der Waals surface area contributed by atoms with E-state index in [2.05, 4.69) is 4.98 Å². The zero-order valence-corrected chi connectivity index (χ0v) is 17.9. The molecule has 0 unspecified atom stereocenters. The number of fused-ring (bicyclic) bond motifs is 3. The van der Waals surface area contributed by atoms with Crippen LogP contribution in [0.5, 0.6) is 5.75 Å². The van der Waals surface area contributed by atoms with Gasteiger partial charge in [-0.1, -0.05) is 18.2 Å². The van der Waals surface area contributed by atoms with Crippen LogP contribution < -0.4 is 14.6 Å². The maximum Gasteiger partial charge on any atom is 0.266 e. The summed E-state index contributed by atoms with van der Waals surface area (Å²) in [7, 11) is -2.30. The van der Waals surface area contributed by atoms with Gasteiger partial charge in [0.1, 0.15) is 16.1 Å². The van der Waals surface area contributed by atoms with Crippen molar-refractivity contribution in [1.82, 2.24) is 4.98 Å². The van der Waals surface area contributed by atoms with Crippen molar-refractivity contribution in [2.45, 2.75) is 17.7 Å². The molecular formula is C22H20N2O4S2. The first-order chi connectivity index (χ1) is 14.5. The average molecular weight is 441 g/mol. The molecule has 1 aliphatic carbocycles. The van der Waals surface area contributed by atoms with E-state index in [1.54, 1.807) is 42.5 Å². The second kappa shape index (κ2) is 7.14. The van der Waals surface area contributed by atoms with Crippen LogP contribution in [0, 0.1) is 5.92 Å². The second-order valence-corrected chi connectivity index (χ2v) is 10.2. The Morgan fingerprint density at radius 3 is 2.60 bits per heavy atom. The summed E-state index contributed by atoms with van der Waals surface area (Å²) in [6, 6.07) is 13.8. The van der Waals surface area contributed by atoms with Crippen LogP contribution in [-0.4, -0.2) is 27.1 Å². The molecule has 154 valence electrons. The van der Waals surface area contributed by atoms with Gasteiger partial charge < -0.3 is 9.72 Å². The summed E-state index contributed by atoms with van der Waals surface area (Å²) in [6.07, 6.45) is 2.00. The predicted molar refractivity (Wildman–Crippen MR) is 120 cm³/mol. The molecule has 0 bridgehead atoms. The molecule has 0 atom stereocenters. The summed E-state index contributed by atoms with van der Waals surface area (Å²) in [5, 5.41) is 3.27. The van der Waals surface area contributed by atoms with E-state index in [1.165, 1.54) is 22.8 Å². The van der Waals surface area contributed by atoms with Gasteiger partial charge in [-0.05, 0) is 54.5 Å². The van der Waals surface area contributed by atoms with Crippen molar-refractivity contribution in [1.29, 1.82) is 0 Å². The van der Waals surface area contributed by atoms with Gasteiger partial charge in [0.2, 0.25) is 0 Å². The quantitative estimate of drug-likeness (QED) is 0.483. The highest BCUT2D eigenvalue weighted by molar-refractivity contribution is 7.92. The van der Waals surface area contributed by atoms with Crippen molar-refractivity contribution in [2.24, 2.45) is 5.92 Å². The third kappa shape index (κ3) is 3.07. The van der Waals surface area contributed by atoms with E-state index in [0.29, 0.717) is 39.5 Å². The Bertz CT molecular complexity index is 1400. The van der Waals surface area contributed by atoms with E-state index in [0.717, 1.165) is 18.2 Å². The molecule has 1 N–H and O–H groups in total. The number of hydrogen-bond donors (Lipinski definition) is 1. The number of anilines is 1. The number of aromatic nitrogens is 1. The molecule has 5 rings (SSSR count). The lowest BCUT2D eigenvalue weighted by Crippen LogP contribution is -2.33. The molecule has 1 aliphatic rings. The minimum Gasteiger partial charge on any atom is -0.495 e. The van der Waals surface area contributed by atoms with Gasteiger partial charge in [-0.15, -0.1) is 11.3 Å². The normalized spacial score (nSPS) is 14.3. The highest BCUT2D eigenvalue weighted by atomic mass is 32.2. The van der Waals surface area contributed by atoms with Crippen molar-refractivity contribution in [2.75, 3.05) is 18.0 Å². The smallest absolute Gasteiger partial charge is 0.266 e. The molecule has 4 aromatic rings. The molecule has 0 radical (unpaired) electrons. The van der Waals surface area contributed by atoms with E-state index in [-0.39, 0.29) is 10.5 Å². The number of pyridine rings is 1. The molecule has 0 aliphatic heterocycles. The van der Waals surface area contributed by atoms with E-state index >= 15 is 0 Å². The zero-order valence-electron chi connectivity index (χ0n) is 16.3. The molecule has 0 saturated heterocycles. The van der Waals surface area contributed by atoms with Crippen molar-refractivity contribution < 1.29 is 13.2 Å². The molecule has 1 saturated carbocycles. The Morgan fingerprint density at radius 2 is 1.90 bits per heavy atom. The minimum atomic E-state index is -3.83. The van der Waals surface area contributed by atoms with Crippen LogP contribution in [0.1, 0.15) is 12.8 Å². The van der Waals surface area contributed by atoms with Crippen molar-refractivity contribution in [3.63, 3.8) is 0 Å². The summed E-state index contributed by atoms with van der Waals surface area (Å²) < 4.78 is 35.2. The molecule has 2 aromatic heterocycles. The van der Waals surface area contributed by atoms with E-state index < -0.39 is 10.0 Å². The predicted octanol–water partition coefficient (Wildman–Crippen LogP) is 4.36. The summed E-state index contributed by atoms with van der Waals surface area (Å²) in [6.45, 7) is 0.372. The minimum absolute atomic E-state index is 0.178. The van der Waals surface area contributed by atoms with Crippen LogP contribution in [-0.2, 0) is 10.0 Å². The largest absolute Gasteiger partial charge is 0.495 e. The standard InChI is InChI=1S/C22H20N2O4S2/c1-28-18-10-9-17-19(16-11-12-29-21(16)22(25)23-17)20(18)24(13-14-7-8-14)30(26,27)15-5-3-2-4-6-15/h2-6,9-12,14H,7-8,13H2,1H3,(H,23,25). The number of nitrogens with zero attached hydrogens (tertiary/aromatic N) is 1. The maximum absolute atomic E-state index is 13.8. The number of benzene rings is 2. The fraction of sp³-hybridized carbons (Fsp3) is 0.227. The van der Waals surface area contributed by atoms with Gasteiger partial charge in [0.25, 0.3) is 15.6 Å². The van der Waals surface area contributed by atoms with Crippen molar-refractivity contribution in [3.8, 4) is 5.75 Å². The highest BCUT2D eigenvalue weighted by Gasteiger charge is 2.35. The molecule has 2 heterocycles. The summed E-state index contributed by atoms with van der Waals surface area (Å²) in [5.41, 5.74) is 0.888. The molecule has 0 spiro atoms. The number of hydrogen-bond acceptors (Lipinski definition) is 5. The number of thiophene rings is 1. The van der Waals surface area contributed by atoms with Gasteiger partial charge in [-0.3, -0.25) is 9.10 Å². The Hall–Kier alpha value is -2.84. The first-order valence-electron chi connectivity index (χ1n) is 9.68. The van der Waals surface area contributed by atoms with Crippen molar-refractivity contribution >= 4 is 48.0 Å². The number of ether oxygens (including phenoxy) is 1. The molecule has 1 fully saturated rings. The van der Waals surface area contributed by atoms with Crippen LogP contribution in [0.25, 0.3) is 21.0 Å². The lowest BCUT2D eigenvalue weighted by Gasteiger charge is -2.27. The van der Waals surface area contributed by atoms with Crippen LogP contribution in [0.2, 0.25) is 0 Å². The van der Waals surface area contributed by atoms with Crippen LogP contribution in [0.3, 0.4) is 0 Å². The van der Waals surface area contributed by atoms with Crippen LogP contribution in [0.4, 0.5) is 5.69 Å². The fourth-order valence-corrected chi connectivity index (χ4v) is 6.17. The Kier molecular flexibility index (Phi) is 4.56. The Morgan fingerprint density at radius 1 is 1.13 bits per heavy atom. The first-order valence-corrected chi connectivity index (χ1v) is 12.0. The third-order valence-corrected chi connectivity index (χ3v) is 8.14. The molecule has 6 nitrogen and oxygen atoms in total. The van der Waals surface area contributed by atoms with Gasteiger partial charge in [-0.2, -0.15) is 0 Å². The maximum atomic E-state index is 13.8. The van der Waals surface area contributed by atoms with Crippen LogP contribution in [0.15, 0.2) is 63.6 Å². The summed E-state index contributed by atoms with van der Waals surface area (Å²) in [4.78, 5) is 15.6. The van der Waals surface area contributed by atoms with Gasteiger partial charge in [0.05, 0.1) is 17.5 Å². The zero-order chi connectivity index (χ0) is 20.9. The Labute approximate surface area is 177 Å². The SMILES string of the molecule is COc1ccc2[nH]c(=O)c3sccc3c2c1N(CC1CC1)S(=O)(=O)c1ccccc1. The molecule has 2 aromatic carbocycles. The fourth-order valence-electron chi connectivity index (χ4n) is 3.79. The lowest BCUT2D eigenvalue weighted by molar-refractivity contribution is 0.416. The lowest BCUT2D eigenvalue weighted by atomic mass is 10.1. The average Bonchev–Trinajstić information content (AvgIpc) is 3.44. The van der Waals surface area contributed by atoms with Gasteiger partial charge in [0.15, 0.2) is 0 Å². The Balaban J connectivity index is 1.86. The number of sulfonamides is 1. The number of H-pyrrole nitrogens is 1. The summed E-state index contributed by atoms with van der Waals surface area (Å²) in [5.74, 6) is 0.770. The summed E-state index contributed by atoms with van der Waals surface area (Å²) >= 11 is 1.34. The molecule has 30 heavy (non-hydrogen) atoms. The molecule has 0 amide bonds. The highest BCUT2D eigenvalue weighted by Crippen LogP contribution is 2.44. The van der Waals surface area contributed by atoms with E-state index in [4.69, 9.17) is 4.74 Å². The van der Waals surface area contributed by atoms with E-state index in [9.17, 15) is 13.2 Å². The number of methoxy groups -OCH3 is 1. The molecular weight excluding hydrogens is 420 g/mol. The molecule has 8 heteroatoms.